The van der Waals surface area contributed by atoms with Crippen LogP contribution in [0.4, 0.5) is 4.79 Å². The first-order valence-corrected chi connectivity index (χ1v) is 6.34. The zero-order chi connectivity index (χ0) is 15.3. The van der Waals surface area contributed by atoms with Gasteiger partial charge in [0.25, 0.3) is 0 Å². The van der Waals surface area contributed by atoms with Gasteiger partial charge >= 0.3 is 6.09 Å². The molecule has 9 nitrogen and oxygen atoms in total. The van der Waals surface area contributed by atoms with Crippen LogP contribution in [0.15, 0.2) is 10.2 Å². The number of amides is 1. The first kappa shape index (κ1) is 15.9. The van der Waals surface area contributed by atoms with Crippen molar-refractivity contribution in [3.05, 3.63) is 20.9 Å². The quantitative estimate of drug-likeness (QED) is 0.446. The van der Waals surface area contributed by atoms with Crippen LogP contribution in [-0.4, -0.2) is 41.8 Å². The van der Waals surface area contributed by atoms with Crippen LogP contribution >= 0.6 is 0 Å². The van der Waals surface area contributed by atoms with Gasteiger partial charge in [0.05, 0.1) is 6.04 Å². The zero-order valence-electron chi connectivity index (χ0n) is 12.1. The predicted molar refractivity (Wildman–Crippen MR) is 72.9 cm³/mol. The highest BCUT2D eigenvalue weighted by Gasteiger charge is 2.40. The van der Waals surface area contributed by atoms with Crippen molar-refractivity contribution in [1.82, 2.24) is 4.90 Å². The Bertz CT molecular complexity index is 460. The lowest BCUT2D eigenvalue weighted by Gasteiger charge is -2.30. The number of rotatable bonds is 3. The standard InChI is InChI=1S/C11H19N7O2/c1-11(2,3)20-10(19)18(4)8-6-5-7(14-16-12)9(8)15-17-13/h7-9H,5-6H2,1-4H3/t7-,8-,9-/m1/s1. The second kappa shape index (κ2) is 6.36. The Kier molecular flexibility index (Phi) is 5.07. The molecule has 1 aliphatic rings. The summed E-state index contributed by atoms with van der Waals surface area (Å²) in [4.78, 5) is 19.0. The summed E-state index contributed by atoms with van der Waals surface area (Å²) in [5.74, 6) is 0. The average Bonchev–Trinajstić information content (AvgIpc) is 2.70. The van der Waals surface area contributed by atoms with Gasteiger partial charge in [-0.25, -0.2) is 4.79 Å². The average molecular weight is 281 g/mol. The Balaban J connectivity index is 2.86. The van der Waals surface area contributed by atoms with E-state index in [2.05, 4.69) is 20.1 Å². The molecular formula is C11H19N7O2. The van der Waals surface area contributed by atoms with Crippen LogP contribution in [0, 0.1) is 0 Å². The number of carbonyl (C=O) groups is 1. The Morgan fingerprint density at radius 2 is 1.85 bits per heavy atom. The molecule has 1 saturated carbocycles. The number of hydrogen-bond acceptors (Lipinski definition) is 4. The molecule has 1 fully saturated rings. The van der Waals surface area contributed by atoms with Gasteiger partial charge in [0, 0.05) is 29.0 Å². The molecule has 0 saturated heterocycles. The fraction of sp³-hybridized carbons (Fsp3) is 0.909. The normalized spacial score (nSPS) is 25.3. The van der Waals surface area contributed by atoms with Gasteiger partial charge in [0.15, 0.2) is 0 Å². The molecule has 1 aliphatic carbocycles. The molecule has 0 aromatic heterocycles. The highest BCUT2D eigenvalue weighted by molar-refractivity contribution is 5.68. The summed E-state index contributed by atoms with van der Waals surface area (Å²) >= 11 is 0. The SMILES string of the molecule is CN(C(=O)OC(C)(C)C)[C@@H]1CC[C@@H](N=[N+]=[N-])[C@H]1N=[N+]=[N-]. The van der Waals surface area contributed by atoms with Crippen molar-refractivity contribution in [1.29, 1.82) is 0 Å². The van der Waals surface area contributed by atoms with Gasteiger partial charge in [-0.15, -0.1) is 0 Å². The minimum absolute atomic E-state index is 0.323. The molecule has 1 rings (SSSR count). The molecule has 20 heavy (non-hydrogen) atoms. The fourth-order valence-electron chi connectivity index (χ4n) is 2.24. The van der Waals surface area contributed by atoms with Gasteiger partial charge in [0.1, 0.15) is 5.60 Å². The molecule has 0 bridgehead atoms. The number of likely N-dealkylation sites (N-methyl/N-ethyl adjacent to an activating group) is 1. The molecule has 0 radical (unpaired) electrons. The van der Waals surface area contributed by atoms with Crippen molar-refractivity contribution in [2.24, 2.45) is 10.2 Å². The van der Waals surface area contributed by atoms with Crippen molar-refractivity contribution in [2.75, 3.05) is 7.05 Å². The summed E-state index contributed by atoms with van der Waals surface area (Å²) in [5.41, 5.74) is 16.5. The third kappa shape index (κ3) is 3.94. The van der Waals surface area contributed by atoms with E-state index < -0.39 is 23.8 Å². The fourth-order valence-corrected chi connectivity index (χ4v) is 2.24. The Morgan fingerprint density at radius 1 is 1.25 bits per heavy atom. The minimum atomic E-state index is -0.595. The molecule has 1 amide bonds. The van der Waals surface area contributed by atoms with Crippen LogP contribution in [0.2, 0.25) is 0 Å². The van der Waals surface area contributed by atoms with E-state index in [1.165, 1.54) is 4.90 Å². The summed E-state index contributed by atoms with van der Waals surface area (Å²) in [6.07, 6.45) is 0.691. The molecule has 9 heteroatoms. The van der Waals surface area contributed by atoms with Gasteiger partial charge in [-0.05, 0) is 44.7 Å². The zero-order valence-corrected chi connectivity index (χ0v) is 12.1. The van der Waals surface area contributed by atoms with E-state index in [1.807, 2.05) is 0 Å². The van der Waals surface area contributed by atoms with Gasteiger partial charge in [-0.3, -0.25) is 0 Å². The monoisotopic (exact) mass is 281 g/mol. The lowest BCUT2D eigenvalue weighted by atomic mass is 10.1. The molecule has 0 spiro atoms. The number of nitrogens with zero attached hydrogens (tertiary/aromatic N) is 7. The topological polar surface area (TPSA) is 127 Å². The predicted octanol–water partition coefficient (Wildman–Crippen LogP) is 3.37. The number of hydrogen-bond donors (Lipinski definition) is 0. The van der Waals surface area contributed by atoms with Crippen LogP contribution in [-0.2, 0) is 4.74 Å². The molecule has 0 aromatic carbocycles. The third-order valence-electron chi connectivity index (χ3n) is 3.11. The molecule has 0 heterocycles. The van der Waals surface area contributed by atoms with Gasteiger partial charge < -0.3 is 9.64 Å². The lowest BCUT2D eigenvalue weighted by molar-refractivity contribution is 0.0213. The van der Waals surface area contributed by atoms with Gasteiger partial charge in [-0.1, -0.05) is 10.2 Å². The molecule has 0 aromatic rings. The summed E-state index contributed by atoms with van der Waals surface area (Å²) < 4.78 is 5.28. The highest BCUT2D eigenvalue weighted by Crippen LogP contribution is 2.30. The second-order valence-electron chi connectivity index (χ2n) is 5.70. The van der Waals surface area contributed by atoms with Crippen LogP contribution in [0.5, 0.6) is 0 Å². The maximum atomic E-state index is 12.0. The molecular weight excluding hydrogens is 262 g/mol. The minimum Gasteiger partial charge on any atom is -0.444 e. The summed E-state index contributed by atoms with van der Waals surface area (Å²) in [6.45, 7) is 5.34. The number of carbonyl (C=O) groups excluding carboxylic acids is 1. The molecule has 3 atom stereocenters. The van der Waals surface area contributed by atoms with Crippen LogP contribution in [0.1, 0.15) is 33.6 Å². The first-order valence-electron chi connectivity index (χ1n) is 6.34. The van der Waals surface area contributed by atoms with E-state index >= 15 is 0 Å². The lowest BCUT2D eigenvalue weighted by Crippen LogP contribution is -2.45. The Morgan fingerprint density at radius 3 is 2.35 bits per heavy atom. The van der Waals surface area contributed by atoms with Crippen LogP contribution in [0.3, 0.4) is 0 Å². The third-order valence-corrected chi connectivity index (χ3v) is 3.11. The van der Waals surface area contributed by atoms with Crippen LogP contribution < -0.4 is 0 Å². The van der Waals surface area contributed by atoms with Crippen molar-refractivity contribution in [2.45, 2.75) is 57.3 Å². The van der Waals surface area contributed by atoms with Crippen LogP contribution in [0.25, 0.3) is 20.9 Å². The highest BCUT2D eigenvalue weighted by atomic mass is 16.6. The van der Waals surface area contributed by atoms with E-state index in [9.17, 15) is 4.79 Å². The maximum Gasteiger partial charge on any atom is 0.410 e. The molecule has 0 unspecified atom stereocenters. The molecule has 0 N–H and O–H groups in total. The largest absolute Gasteiger partial charge is 0.444 e. The number of azide groups is 2. The van der Waals surface area contributed by atoms with Gasteiger partial charge in [-0.2, -0.15) is 0 Å². The van der Waals surface area contributed by atoms with E-state index in [1.54, 1.807) is 27.8 Å². The van der Waals surface area contributed by atoms with Gasteiger partial charge in [0.2, 0.25) is 0 Å². The van der Waals surface area contributed by atoms with Crippen molar-refractivity contribution < 1.29 is 9.53 Å². The maximum absolute atomic E-state index is 12.0. The van der Waals surface area contributed by atoms with E-state index in [0.29, 0.717) is 12.8 Å². The second-order valence-corrected chi connectivity index (χ2v) is 5.70. The smallest absolute Gasteiger partial charge is 0.410 e. The van der Waals surface area contributed by atoms with E-state index in [4.69, 9.17) is 15.8 Å². The first-order chi connectivity index (χ1) is 9.30. The summed E-state index contributed by atoms with van der Waals surface area (Å²) in [6, 6.07) is -1.31. The van der Waals surface area contributed by atoms with Crippen molar-refractivity contribution in [3.8, 4) is 0 Å². The van der Waals surface area contributed by atoms with E-state index in [-0.39, 0.29) is 6.04 Å². The number of ether oxygens (including phenoxy) is 1. The molecule has 0 aliphatic heterocycles. The Hall–Kier alpha value is -2.11. The summed E-state index contributed by atoms with van der Waals surface area (Å²) in [7, 11) is 1.59. The van der Waals surface area contributed by atoms with Crippen molar-refractivity contribution >= 4 is 6.09 Å². The molecule has 110 valence electrons. The van der Waals surface area contributed by atoms with E-state index in [0.717, 1.165) is 0 Å². The Labute approximate surface area is 117 Å². The summed E-state index contributed by atoms with van der Waals surface area (Å²) in [5, 5.41) is 7.30. The van der Waals surface area contributed by atoms with Crippen molar-refractivity contribution in [3.63, 3.8) is 0 Å².